The van der Waals surface area contributed by atoms with Gasteiger partial charge in [0, 0.05) is 37.6 Å². The molecule has 144 valence electrons. The van der Waals surface area contributed by atoms with E-state index in [1.807, 2.05) is 37.3 Å². The third kappa shape index (κ3) is 5.23. The number of nitrogens with zero attached hydrogens (tertiary/aromatic N) is 2. The average molecular weight is 432 g/mol. The number of anilines is 2. The molecular formula is C21H26BrN3O2. The van der Waals surface area contributed by atoms with Crippen LogP contribution in [0.4, 0.5) is 11.4 Å². The zero-order valence-electron chi connectivity index (χ0n) is 16.1. The lowest BCUT2D eigenvalue weighted by Crippen LogP contribution is -2.44. The molecule has 0 bridgehead atoms. The van der Waals surface area contributed by atoms with Crippen molar-refractivity contribution in [2.45, 2.75) is 13.8 Å². The molecule has 0 radical (unpaired) electrons. The molecule has 0 saturated carbocycles. The molecule has 0 aromatic heterocycles. The zero-order valence-corrected chi connectivity index (χ0v) is 17.7. The number of ether oxygens (including phenoxy) is 1. The van der Waals surface area contributed by atoms with Gasteiger partial charge in [0.1, 0.15) is 5.75 Å². The number of benzene rings is 2. The van der Waals surface area contributed by atoms with Gasteiger partial charge in [0.2, 0.25) is 0 Å². The van der Waals surface area contributed by atoms with Crippen molar-refractivity contribution in [1.29, 1.82) is 0 Å². The molecule has 5 nitrogen and oxygen atoms in total. The number of piperazine rings is 1. The summed E-state index contributed by atoms with van der Waals surface area (Å²) in [4.78, 5) is 17.0. The number of carbonyl (C=O) groups excluding carboxylic acids is 1. The fourth-order valence-electron chi connectivity index (χ4n) is 3.20. The van der Waals surface area contributed by atoms with Crippen molar-refractivity contribution in [2.75, 3.05) is 50.1 Å². The minimum atomic E-state index is -0.172. The predicted octanol–water partition coefficient (Wildman–Crippen LogP) is 3.84. The van der Waals surface area contributed by atoms with Gasteiger partial charge < -0.3 is 19.9 Å². The highest BCUT2D eigenvalue weighted by molar-refractivity contribution is 9.10. The molecule has 27 heavy (non-hydrogen) atoms. The maximum atomic E-state index is 12.2. The van der Waals surface area contributed by atoms with Crippen molar-refractivity contribution in [3.63, 3.8) is 0 Å². The fourth-order valence-corrected chi connectivity index (χ4v) is 3.81. The average Bonchev–Trinajstić information content (AvgIpc) is 2.62. The Labute approximate surface area is 169 Å². The Morgan fingerprint density at radius 2 is 1.85 bits per heavy atom. The molecule has 6 heteroatoms. The molecule has 1 N–H and O–H groups in total. The Bertz CT molecular complexity index is 817. The Morgan fingerprint density at radius 1 is 1.11 bits per heavy atom. The minimum absolute atomic E-state index is 0.0269. The Hall–Kier alpha value is -2.05. The van der Waals surface area contributed by atoms with Crippen LogP contribution in [0, 0.1) is 13.8 Å². The largest absolute Gasteiger partial charge is 0.483 e. The SMILES string of the molecule is Cc1ccc(OCC(=O)Nc2ccc(N3CCN(C)CC3)c(C)c2)c(Br)c1. The van der Waals surface area contributed by atoms with Gasteiger partial charge in [0.05, 0.1) is 4.47 Å². The van der Waals surface area contributed by atoms with Crippen LogP contribution in [0.2, 0.25) is 0 Å². The van der Waals surface area contributed by atoms with Crippen molar-refractivity contribution in [3.8, 4) is 5.75 Å². The predicted molar refractivity (Wildman–Crippen MR) is 114 cm³/mol. The molecule has 3 rings (SSSR count). The van der Waals surface area contributed by atoms with Gasteiger partial charge in [-0.25, -0.2) is 0 Å². The lowest BCUT2D eigenvalue weighted by Gasteiger charge is -2.35. The van der Waals surface area contributed by atoms with Crippen LogP contribution < -0.4 is 15.0 Å². The summed E-state index contributed by atoms with van der Waals surface area (Å²) < 4.78 is 6.46. The molecular weight excluding hydrogens is 406 g/mol. The molecule has 0 unspecified atom stereocenters. The molecule has 0 spiro atoms. The smallest absolute Gasteiger partial charge is 0.262 e. The van der Waals surface area contributed by atoms with Crippen LogP contribution in [-0.2, 0) is 4.79 Å². The van der Waals surface area contributed by atoms with Crippen LogP contribution in [0.15, 0.2) is 40.9 Å². The van der Waals surface area contributed by atoms with Crippen LogP contribution in [-0.4, -0.2) is 50.6 Å². The number of amides is 1. The summed E-state index contributed by atoms with van der Waals surface area (Å²) in [6.45, 7) is 8.28. The summed E-state index contributed by atoms with van der Waals surface area (Å²) in [7, 11) is 2.15. The van der Waals surface area contributed by atoms with Crippen LogP contribution >= 0.6 is 15.9 Å². The van der Waals surface area contributed by atoms with Gasteiger partial charge in [0.25, 0.3) is 5.91 Å². The number of halogens is 1. The standard InChI is InChI=1S/C21H26BrN3O2/c1-15-4-7-20(18(22)12-15)27-14-21(26)23-17-5-6-19(16(2)13-17)25-10-8-24(3)9-11-25/h4-7,12-13H,8-11,14H2,1-3H3,(H,23,26). The lowest BCUT2D eigenvalue weighted by molar-refractivity contribution is -0.118. The van der Waals surface area contributed by atoms with Crippen molar-refractivity contribution in [3.05, 3.63) is 52.0 Å². The second-order valence-electron chi connectivity index (χ2n) is 7.06. The number of rotatable bonds is 5. The van der Waals surface area contributed by atoms with Crippen LogP contribution in [0.1, 0.15) is 11.1 Å². The third-order valence-corrected chi connectivity index (χ3v) is 5.39. The van der Waals surface area contributed by atoms with E-state index in [1.54, 1.807) is 0 Å². The van der Waals surface area contributed by atoms with E-state index in [0.29, 0.717) is 5.75 Å². The van der Waals surface area contributed by atoms with Gasteiger partial charge in [0.15, 0.2) is 6.61 Å². The fraction of sp³-hybridized carbons (Fsp3) is 0.381. The number of likely N-dealkylation sites (N-methyl/N-ethyl adjacent to an activating group) is 1. The summed E-state index contributed by atoms with van der Waals surface area (Å²) in [6, 6.07) is 11.9. The van der Waals surface area contributed by atoms with E-state index in [1.165, 1.54) is 11.3 Å². The molecule has 1 aliphatic heterocycles. The first-order valence-corrected chi connectivity index (χ1v) is 9.94. The normalized spacial score (nSPS) is 14.9. The molecule has 1 aliphatic rings. The van der Waals surface area contributed by atoms with Crippen LogP contribution in [0.5, 0.6) is 5.75 Å². The monoisotopic (exact) mass is 431 g/mol. The first-order chi connectivity index (χ1) is 12.9. The van der Waals surface area contributed by atoms with Crippen molar-refractivity contribution in [1.82, 2.24) is 4.90 Å². The Morgan fingerprint density at radius 3 is 2.52 bits per heavy atom. The molecule has 1 fully saturated rings. The maximum Gasteiger partial charge on any atom is 0.262 e. The number of hydrogen-bond donors (Lipinski definition) is 1. The topological polar surface area (TPSA) is 44.8 Å². The van der Waals surface area contributed by atoms with Gasteiger partial charge in [-0.05, 0) is 78.3 Å². The van der Waals surface area contributed by atoms with Gasteiger partial charge >= 0.3 is 0 Å². The van der Waals surface area contributed by atoms with E-state index in [2.05, 4.69) is 51.1 Å². The van der Waals surface area contributed by atoms with E-state index in [0.717, 1.165) is 41.9 Å². The highest BCUT2D eigenvalue weighted by atomic mass is 79.9. The van der Waals surface area contributed by atoms with Crippen LogP contribution in [0.25, 0.3) is 0 Å². The minimum Gasteiger partial charge on any atom is -0.483 e. The third-order valence-electron chi connectivity index (χ3n) is 4.77. The Kier molecular flexibility index (Phi) is 6.39. The van der Waals surface area contributed by atoms with E-state index in [9.17, 15) is 4.79 Å². The summed E-state index contributed by atoms with van der Waals surface area (Å²) in [5.74, 6) is 0.492. The maximum absolute atomic E-state index is 12.2. The zero-order chi connectivity index (χ0) is 19.4. The molecule has 1 amide bonds. The van der Waals surface area contributed by atoms with Gasteiger partial charge in [-0.2, -0.15) is 0 Å². The number of nitrogens with one attached hydrogen (secondary N) is 1. The molecule has 1 heterocycles. The number of carbonyl (C=O) groups is 1. The van der Waals surface area contributed by atoms with Gasteiger partial charge in [-0.15, -0.1) is 0 Å². The first-order valence-electron chi connectivity index (χ1n) is 9.15. The highest BCUT2D eigenvalue weighted by Crippen LogP contribution is 2.26. The van der Waals surface area contributed by atoms with E-state index >= 15 is 0 Å². The van der Waals surface area contributed by atoms with Crippen molar-refractivity contribution < 1.29 is 9.53 Å². The Balaban J connectivity index is 1.57. The summed E-state index contributed by atoms with van der Waals surface area (Å²) in [5.41, 5.74) is 4.33. The van der Waals surface area contributed by atoms with Crippen molar-refractivity contribution in [2.24, 2.45) is 0 Å². The molecule has 2 aromatic carbocycles. The summed E-state index contributed by atoms with van der Waals surface area (Å²) in [5, 5.41) is 2.92. The summed E-state index contributed by atoms with van der Waals surface area (Å²) >= 11 is 3.46. The number of aryl methyl sites for hydroxylation is 2. The lowest BCUT2D eigenvalue weighted by atomic mass is 10.1. The summed E-state index contributed by atoms with van der Waals surface area (Å²) in [6.07, 6.45) is 0. The highest BCUT2D eigenvalue weighted by Gasteiger charge is 2.16. The van der Waals surface area contributed by atoms with Gasteiger partial charge in [-0.1, -0.05) is 6.07 Å². The molecule has 0 aliphatic carbocycles. The van der Waals surface area contributed by atoms with Crippen LogP contribution in [0.3, 0.4) is 0 Å². The molecule has 0 atom stereocenters. The quantitative estimate of drug-likeness (QED) is 0.780. The number of hydrogen-bond acceptors (Lipinski definition) is 4. The second-order valence-corrected chi connectivity index (χ2v) is 7.92. The van der Waals surface area contributed by atoms with E-state index < -0.39 is 0 Å². The first kappa shape index (κ1) is 19.7. The molecule has 1 saturated heterocycles. The van der Waals surface area contributed by atoms with E-state index in [-0.39, 0.29) is 12.5 Å². The van der Waals surface area contributed by atoms with Crippen molar-refractivity contribution >= 4 is 33.2 Å². The second kappa shape index (κ2) is 8.76. The van der Waals surface area contributed by atoms with E-state index in [4.69, 9.17) is 4.74 Å². The molecule has 2 aromatic rings. The van der Waals surface area contributed by atoms with Gasteiger partial charge in [-0.3, -0.25) is 4.79 Å².